The fourth-order valence-electron chi connectivity index (χ4n) is 1.32. The van der Waals surface area contributed by atoms with Crippen molar-refractivity contribution < 1.29 is 0 Å². The molecule has 0 unspecified atom stereocenters. The number of fused-ring (bicyclic) bond motifs is 1. The molecule has 68 valence electrons. The van der Waals surface area contributed by atoms with E-state index in [4.69, 9.17) is 0 Å². The van der Waals surface area contributed by atoms with Crippen LogP contribution in [0.15, 0.2) is 34.5 Å². The third-order valence-corrected chi connectivity index (χ3v) is 4.49. The number of thiophene rings is 1. The molecule has 0 saturated carbocycles. The highest BCUT2D eigenvalue weighted by atomic mass is 32.2. The van der Waals surface area contributed by atoms with E-state index in [1.54, 1.807) is 0 Å². The fraction of sp³-hybridized carbons (Fsp3) is 0.273. The first-order chi connectivity index (χ1) is 6.42. The van der Waals surface area contributed by atoms with Crippen LogP contribution < -0.4 is 0 Å². The van der Waals surface area contributed by atoms with Crippen LogP contribution in [-0.4, -0.2) is 5.75 Å². The average Bonchev–Trinajstić information content (AvgIpc) is 2.58. The zero-order valence-corrected chi connectivity index (χ0v) is 9.37. The summed E-state index contributed by atoms with van der Waals surface area (Å²) >= 11 is 3.34. The first-order valence-corrected chi connectivity index (χ1v) is 6.51. The first-order valence-electron chi connectivity index (χ1n) is 4.55. The van der Waals surface area contributed by atoms with Crippen LogP contribution in [0, 0.1) is 0 Å². The van der Waals surface area contributed by atoms with Crippen molar-refractivity contribution in [1.29, 1.82) is 0 Å². The molecular weight excluding hydrogens is 196 g/mol. The minimum atomic E-state index is 1.27. The van der Waals surface area contributed by atoms with E-state index >= 15 is 0 Å². The van der Waals surface area contributed by atoms with Crippen LogP contribution in [0.5, 0.6) is 0 Å². The smallest absolute Gasteiger partial charge is 0.138 e. The van der Waals surface area contributed by atoms with E-state index in [9.17, 15) is 0 Å². The summed E-state index contributed by atoms with van der Waals surface area (Å²) in [4.78, 5) is 1.50. The molecule has 0 bridgehead atoms. The zero-order chi connectivity index (χ0) is 9.10. The molecule has 1 aromatic heterocycles. The topological polar surface area (TPSA) is 0 Å². The van der Waals surface area contributed by atoms with E-state index in [-0.39, 0.29) is 0 Å². The summed E-state index contributed by atoms with van der Waals surface area (Å²) in [5, 5.41) is 3.74. The third-order valence-electron chi connectivity index (χ3n) is 1.97. The Morgan fingerprint density at radius 2 is 2.15 bits per heavy atom. The predicted octanol–water partition coefficient (Wildman–Crippen LogP) is 3.49. The molecule has 0 atom stereocenters. The number of hydrogen-bond acceptors (Lipinski definition) is 1. The molecule has 1 aromatic carbocycles. The number of rotatable bonds is 3. The Kier molecular flexibility index (Phi) is 2.91. The Morgan fingerprint density at radius 1 is 1.31 bits per heavy atom. The maximum absolute atomic E-state index is 2.29. The molecule has 1 heterocycles. The second kappa shape index (κ2) is 4.16. The van der Waals surface area contributed by atoms with Gasteiger partial charge in [-0.2, -0.15) is 0 Å². The molecule has 2 aromatic rings. The average molecular weight is 209 g/mol. The van der Waals surface area contributed by atoms with Crippen LogP contribution in [0.25, 0.3) is 10.1 Å². The van der Waals surface area contributed by atoms with Gasteiger partial charge in [-0.1, -0.05) is 19.1 Å². The van der Waals surface area contributed by atoms with Gasteiger partial charge in [-0.3, -0.25) is 0 Å². The largest absolute Gasteiger partial charge is 0.171 e. The van der Waals surface area contributed by atoms with Gasteiger partial charge in [0.1, 0.15) is 5.75 Å². The highest BCUT2D eigenvalue weighted by Crippen LogP contribution is 2.26. The van der Waals surface area contributed by atoms with Gasteiger partial charge in [0.2, 0.25) is 0 Å². The molecule has 0 saturated heterocycles. The Bertz CT molecular complexity index is 390. The lowest BCUT2D eigenvalue weighted by Gasteiger charge is -1.88. The second-order valence-electron chi connectivity index (χ2n) is 3.00. The van der Waals surface area contributed by atoms with Crippen molar-refractivity contribution in [1.82, 2.24) is 0 Å². The highest BCUT2D eigenvalue weighted by molar-refractivity contribution is 7.79. The van der Waals surface area contributed by atoms with Crippen LogP contribution in [0.3, 0.4) is 0 Å². The van der Waals surface area contributed by atoms with Gasteiger partial charge in [0.25, 0.3) is 0 Å². The SMILES string of the molecule is CCC[SH+]c1csc2ccccc12. The predicted molar refractivity (Wildman–Crippen MR) is 64.0 cm³/mol. The fourth-order valence-corrected chi connectivity index (χ4v) is 3.51. The summed E-state index contributed by atoms with van der Waals surface area (Å²) in [6.45, 7) is 2.24. The van der Waals surface area contributed by atoms with Crippen molar-refractivity contribution in [3.05, 3.63) is 29.6 Å². The van der Waals surface area contributed by atoms with Crippen molar-refractivity contribution in [2.45, 2.75) is 18.2 Å². The lowest BCUT2D eigenvalue weighted by molar-refractivity contribution is 1.10. The molecule has 0 nitrogen and oxygen atoms in total. The van der Waals surface area contributed by atoms with Crippen LogP contribution >= 0.6 is 11.3 Å². The molecule has 13 heavy (non-hydrogen) atoms. The summed E-state index contributed by atoms with van der Waals surface area (Å²) in [5.74, 6) is 1.28. The monoisotopic (exact) mass is 209 g/mol. The molecule has 0 radical (unpaired) electrons. The maximum Gasteiger partial charge on any atom is 0.171 e. The number of benzene rings is 1. The standard InChI is InChI=1S/C11H12S2/c1-2-7-12-11-8-13-10-6-4-3-5-9(10)11/h3-6,8H,2,7H2,1H3/p+1. The van der Waals surface area contributed by atoms with Gasteiger partial charge in [-0.15, -0.1) is 11.3 Å². The molecule has 0 amide bonds. The van der Waals surface area contributed by atoms with Crippen LogP contribution in [-0.2, 0) is 11.8 Å². The van der Waals surface area contributed by atoms with E-state index in [0.29, 0.717) is 0 Å². The van der Waals surface area contributed by atoms with Gasteiger partial charge in [-0.25, -0.2) is 0 Å². The van der Waals surface area contributed by atoms with E-state index in [1.165, 1.54) is 38.9 Å². The van der Waals surface area contributed by atoms with Gasteiger partial charge in [0.15, 0.2) is 4.90 Å². The zero-order valence-electron chi connectivity index (χ0n) is 7.66. The van der Waals surface area contributed by atoms with Crippen molar-refractivity contribution in [3.8, 4) is 0 Å². The minimum absolute atomic E-state index is 1.27. The quantitative estimate of drug-likeness (QED) is 0.536. The van der Waals surface area contributed by atoms with Crippen LogP contribution in [0.1, 0.15) is 13.3 Å². The minimum Gasteiger partial charge on any atom is -0.138 e. The summed E-state index contributed by atoms with van der Waals surface area (Å²) < 4.78 is 1.42. The van der Waals surface area contributed by atoms with E-state index < -0.39 is 0 Å². The molecule has 0 aliphatic heterocycles. The number of thiol groups is 1. The summed E-state index contributed by atoms with van der Waals surface area (Å²) in [6, 6.07) is 8.66. The number of hydrogen-bond donors (Lipinski definition) is 0. The van der Waals surface area contributed by atoms with Gasteiger partial charge in [0, 0.05) is 27.2 Å². The summed E-state index contributed by atoms with van der Waals surface area (Å²) in [6.07, 6.45) is 1.27. The van der Waals surface area contributed by atoms with E-state index in [1.807, 2.05) is 11.3 Å². The van der Waals surface area contributed by atoms with Crippen molar-refractivity contribution >= 4 is 33.2 Å². The van der Waals surface area contributed by atoms with Gasteiger partial charge >= 0.3 is 0 Å². The molecule has 2 rings (SSSR count). The molecule has 0 fully saturated rings. The Balaban J connectivity index is 2.35. The Hall–Kier alpha value is -0.470. The molecule has 0 spiro atoms. The molecular formula is C11H13S2+. The van der Waals surface area contributed by atoms with E-state index in [2.05, 4.69) is 36.6 Å². The normalized spacial score (nSPS) is 10.8. The third kappa shape index (κ3) is 1.89. The second-order valence-corrected chi connectivity index (χ2v) is 5.16. The molecule has 0 aliphatic carbocycles. The van der Waals surface area contributed by atoms with Crippen LogP contribution in [0.2, 0.25) is 0 Å². The Labute approximate surface area is 87.0 Å². The molecule has 2 heteroatoms. The van der Waals surface area contributed by atoms with Crippen LogP contribution in [0.4, 0.5) is 0 Å². The summed E-state index contributed by atoms with van der Waals surface area (Å²) in [5.41, 5.74) is 0. The van der Waals surface area contributed by atoms with Gasteiger partial charge < -0.3 is 0 Å². The van der Waals surface area contributed by atoms with Crippen molar-refractivity contribution in [3.63, 3.8) is 0 Å². The Morgan fingerprint density at radius 3 is 3.00 bits per heavy atom. The maximum atomic E-state index is 2.29. The summed E-state index contributed by atoms with van der Waals surface area (Å²) in [7, 11) is 0. The van der Waals surface area contributed by atoms with Crippen molar-refractivity contribution in [2.75, 3.05) is 5.75 Å². The lowest BCUT2D eigenvalue weighted by atomic mass is 10.3. The first kappa shape index (κ1) is 9.10. The van der Waals surface area contributed by atoms with Crippen molar-refractivity contribution in [2.24, 2.45) is 0 Å². The molecule has 0 N–H and O–H groups in total. The van der Waals surface area contributed by atoms with E-state index in [0.717, 1.165) is 0 Å². The highest BCUT2D eigenvalue weighted by Gasteiger charge is 2.08. The molecule has 0 aliphatic rings. The van der Waals surface area contributed by atoms with Gasteiger partial charge in [-0.05, 0) is 18.6 Å². The van der Waals surface area contributed by atoms with Gasteiger partial charge in [0.05, 0.1) is 0 Å². The lowest BCUT2D eigenvalue weighted by Crippen LogP contribution is -1.85.